The van der Waals surface area contributed by atoms with Crippen molar-refractivity contribution in [3.63, 3.8) is 0 Å². The molecule has 0 radical (unpaired) electrons. The highest BCUT2D eigenvalue weighted by atomic mass is 15.1. The quantitative estimate of drug-likeness (QED) is 0.766. The van der Waals surface area contributed by atoms with E-state index in [-0.39, 0.29) is 0 Å². The molecule has 1 aliphatic carbocycles. The van der Waals surface area contributed by atoms with Crippen LogP contribution in [0.25, 0.3) is 0 Å². The average Bonchev–Trinajstić information content (AvgIpc) is 2.66. The predicted octanol–water partition coefficient (Wildman–Crippen LogP) is 2.87. The first kappa shape index (κ1) is 13.4. The molecule has 2 rings (SSSR count). The molecule has 1 aliphatic heterocycles. The highest BCUT2D eigenvalue weighted by Gasteiger charge is 2.28. The average molecular weight is 238 g/mol. The molecule has 1 heterocycles. The third kappa shape index (κ3) is 3.69. The molecule has 1 saturated carbocycles. The van der Waals surface area contributed by atoms with Gasteiger partial charge in [0.25, 0.3) is 0 Å². The first-order valence-electron chi connectivity index (χ1n) is 7.64. The number of hydrogen-bond donors (Lipinski definition) is 1. The second-order valence-electron chi connectivity index (χ2n) is 6.61. The lowest BCUT2D eigenvalue weighted by molar-refractivity contribution is 0.230. The number of likely N-dealkylation sites (tertiary alicyclic amines) is 1. The molecule has 2 fully saturated rings. The zero-order valence-corrected chi connectivity index (χ0v) is 11.7. The summed E-state index contributed by atoms with van der Waals surface area (Å²) >= 11 is 0. The van der Waals surface area contributed by atoms with Crippen LogP contribution in [0.1, 0.15) is 52.4 Å². The zero-order chi connectivity index (χ0) is 12.3. The molecule has 0 bridgehead atoms. The summed E-state index contributed by atoms with van der Waals surface area (Å²) in [5, 5.41) is 0. The highest BCUT2D eigenvalue weighted by Crippen LogP contribution is 2.28. The lowest BCUT2D eigenvalue weighted by atomic mass is 9.94. The van der Waals surface area contributed by atoms with Gasteiger partial charge in [0, 0.05) is 19.1 Å². The van der Waals surface area contributed by atoms with Gasteiger partial charge in [0.2, 0.25) is 0 Å². The molecule has 2 nitrogen and oxygen atoms in total. The molecule has 2 heteroatoms. The topological polar surface area (TPSA) is 29.3 Å². The Bertz CT molecular complexity index is 227. The van der Waals surface area contributed by atoms with Crippen molar-refractivity contribution in [2.45, 2.75) is 58.4 Å². The smallest absolute Gasteiger partial charge is 0.00793 e. The number of nitrogens with two attached hydrogens (primary N) is 1. The fourth-order valence-electron chi connectivity index (χ4n) is 3.54. The van der Waals surface area contributed by atoms with Crippen molar-refractivity contribution in [3.8, 4) is 0 Å². The van der Waals surface area contributed by atoms with E-state index < -0.39 is 0 Å². The van der Waals surface area contributed by atoms with Gasteiger partial charge in [-0.25, -0.2) is 0 Å². The first-order valence-corrected chi connectivity index (χ1v) is 7.64. The van der Waals surface area contributed by atoms with Gasteiger partial charge in [-0.15, -0.1) is 0 Å². The summed E-state index contributed by atoms with van der Waals surface area (Å²) < 4.78 is 0. The molecule has 1 saturated heterocycles. The first-order chi connectivity index (χ1) is 8.16. The molecule has 3 atom stereocenters. The van der Waals surface area contributed by atoms with Gasteiger partial charge in [0.15, 0.2) is 0 Å². The van der Waals surface area contributed by atoms with E-state index in [1.165, 1.54) is 58.2 Å². The Hall–Kier alpha value is -0.0800. The van der Waals surface area contributed by atoms with Gasteiger partial charge in [-0.1, -0.05) is 33.1 Å². The van der Waals surface area contributed by atoms with E-state index in [4.69, 9.17) is 5.73 Å². The van der Waals surface area contributed by atoms with Crippen molar-refractivity contribution >= 4 is 0 Å². The largest absolute Gasteiger partial charge is 0.327 e. The van der Waals surface area contributed by atoms with Gasteiger partial charge < -0.3 is 10.6 Å². The SMILES string of the molecule is CC(C)C1CCN(CC2CCCCCC2N)C1. The Balaban J connectivity index is 1.80. The Kier molecular flexibility index (Phi) is 4.87. The van der Waals surface area contributed by atoms with Crippen LogP contribution in [0.3, 0.4) is 0 Å². The monoisotopic (exact) mass is 238 g/mol. The summed E-state index contributed by atoms with van der Waals surface area (Å²) in [4.78, 5) is 2.68. The predicted molar refractivity (Wildman–Crippen MR) is 73.9 cm³/mol. The third-order valence-electron chi connectivity index (χ3n) is 4.96. The summed E-state index contributed by atoms with van der Waals surface area (Å²) in [6.07, 6.45) is 8.18. The number of hydrogen-bond acceptors (Lipinski definition) is 2. The lowest BCUT2D eigenvalue weighted by Gasteiger charge is -2.27. The molecule has 0 amide bonds. The van der Waals surface area contributed by atoms with Gasteiger partial charge in [-0.3, -0.25) is 0 Å². The van der Waals surface area contributed by atoms with Crippen molar-refractivity contribution in [1.29, 1.82) is 0 Å². The van der Waals surface area contributed by atoms with Crippen LogP contribution in [0.5, 0.6) is 0 Å². The maximum atomic E-state index is 6.32. The minimum Gasteiger partial charge on any atom is -0.327 e. The van der Waals surface area contributed by atoms with Gasteiger partial charge in [0.1, 0.15) is 0 Å². The molecule has 0 aromatic heterocycles. The summed E-state index contributed by atoms with van der Waals surface area (Å²) in [6.45, 7) is 8.63. The molecule has 17 heavy (non-hydrogen) atoms. The van der Waals surface area contributed by atoms with Crippen LogP contribution in [0.4, 0.5) is 0 Å². The van der Waals surface area contributed by atoms with Crippen LogP contribution >= 0.6 is 0 Å². The summed E-state index contributed by atoms with van der Waals surface area (Å²) in [7, 11) is 0. The standard InChI is InChI=1S/C15H30N2/c1-12(2)13-8-9-17(10-13)11-14-6-4-3-5-7-15(14)16/h12-15H,3-11,16H2,1-2H3. The summed E-state index contributed by atoms with van der Waals surface area (Å²) in [6, 6.07) is 0.468. The Morgan fingerprint density at radius 2 is 1.88 bits per heavy atom. The highest BCUT2D eigenvalue weighted by molar-refractivity contribution is 4.83. The Morgan fingerprint density at radius 3 is 2.59 bits per heavy atom. The van der Waals surface area contributed by atoms with E-state index in [2.05, 4.69) is 18.7 Å². The van der Waals surface area contributed by atoms with Gasteiger partial charge in [-0.2, -0.15) is 0 Å². The van der Waals surface area contributed by atoms with Crippen molar-refractivity contribution in [3.05, 3.63) is 0 Å². The van der Waals surface area contributed by atoms with E-state index in [0.717, 1.165) is 17.8 Å². The van der Waals surface area contributed by atoms with Crippen LogP contribution in [0.2, 0.25) is 0 Å². The van der Waals surface area contributed by atoms with Crippen LogP contribution in [0, 0.1) is 17.8 Å². The zero-order valence-electron chi connectivity index (χ0n) is 11.7. The fraction of sp³-hybridized carbons (Fsp3) is 1.00. The molecule has 2 aliphatic rings. The molecular weight excluding hydrogens is 208 g/mol. The van der Waals surface area contributed by atoms with Crippen molar-refractivity contribution in [2.75, 3.05) is 19.6 Å². The van der Waals surface area contributed by atoms with Crippen LogP contribution < -0.4 is 5.73 Å². The van der Waals surface area contributed by atoms with E-state index >= 15 is 0 Å². The molecule has 2 N–H and O–H groups in total. The fourth-order valence-corrected chi connectivity index (χ4v) is 3.54. The molecule has 0 aromatic rings. The van der Waals surface area contributed by atoms with E-state index in [1.807, 2.05) is 0 Å². The van der Waals surface area contributed by atoms with Crippen LogP contribution in [0.15, 0.2) is 0 Å². The minimum absolute atomic E-state index is 0.468. The Morgan fingerprint density at radius 1 is 1.12 bits per heavy atom. The van der Waals surface area contributed by atoms with Gasteiger partial charge in [-0.05, 0) is 43.6 Å². The lowest BCUT2D eigenvalue weighted by Crippen LogP contribution is -2.38. The van der Waals surface area contributed by atoms with Crippen molar-refractivity contribution in [1.82, 2.24) is 4.90 Å². The summed E-state index contributed by atoms with van der Waals surface area (Å²) in [5.74, 6) is 2.54. The molecule has 0 spiro atoms. The second kappa shape index (κ2) is 6.19. The summed E-state index contributed by atoms with van der Waals surface area (Å²) in [5.41, 5.74) is 6.32. The third-order valence-corrected chi connectivity index (χ3v) is 4.96. The van der Waals surface area contributed by atoms with Crippen LogP contribution in [-0.4, -0.2) is 30.6 Å². The van der Waals surface area contributed by atoms with Crippen molar-refractivity contribution < 1.29 is 0 Å². The maximum absolute atomic E-state index is 6.32. The number of rotatable bonds is 3. The normalized spacial score (nSPS) is 36.4. The minimum atomic E-state index is 0.468. The van der Waals surface area contributed by atoms with Gasteiger partial charge in [0.05, 0.1) is 0 Å². The van der Waals surface area contributed by atoms with E-state index in [1.54, 1.807) is 0 Å². The second-order valence-corrected chi connectivity index (χ2v) is 6.61. The molecule has 3 unspecified atom stereocenters. The molecule has 100 valence electrons. The number of nitrogens with zero attached hydrogens (tertiary/aromatic N) is 1. The van der Waals surface area contributed by atoms with Crippen molar-refractivity contribution in [2.24, 2.45) is 23.5 Å². The van der Waals surface area contributed by atoms with E-state index in [0.29, 0.717) is 6.04 Å². The van der Waals surface area contributed by atoms with E-state index in [9.17, 15) is 0 Å². The molecule has 0 aromatic carbocycles. The van der Waals surface area contributed by atoms with Gasteiger partial charge >= 0.3 is 0 Å². The van der Waals surface area contributed by atoms with Crippen LogP contribution in [-0.2, 0) is 0 Å². The maximum Gasteiger partial charge on any atom is 0.00793 e. The molecular formula is C15H30N2. The Labute approximate surface area is 107 Å².